The lowest BCUT2D eigenvalue weighted by Gasteiger charge is -2.31. The van der Waals surface area contributed by atoms with Crippen molar-refractivity contribution in [1.82, 2.24) is 0 Å². The lowest BCUT2D eigenvalue weighted by Crippen LogP contribution is -2.22. The van der Waals surface area contributed by atoms with Crippen LogP contribution in [0.4, 0.5) is 34.1 Å². The van der Waals surface area contributed by atoms with E-state index in [0.717, 1.165) is 70.4 Å². The fourth-order valence-electron chi connectivity index (χ4n) is 9.60. The third-order valence-electron chi connectivity index (χ3n) is 12.2. The molecule has 0 radical (unpaired) electrons. The van der Waals surface area contributed by atoms with Crippen LogP contribution in [0.2, 0.25) is 0 Å². The first-order valence-corrected chi connectivity index (χ1v) is 19.8. The molecule has 2 aliphatic carbocycles. The molecule has 0 aliphatic heterocycles. The maximum atomic E-state index is 6.29. The van der Waals surface area contributed by atoms with Gasteiger partial charge in [0.25, 0.3) is 0 Å². The Bertz CT molecular complexity index is 2840. The van der Waals surface area contributed by atoms with Gasteiger partial charge in [-0.1, -0.05) is 109 Å². The second-order valence-electron chi connectivity index (χ2n) is 15.3. The van der Waals surface area contributed by atoms with E-state index in [4.69, 9.17) is 4.42 Å². The first-order valence-electron chi connectivity index (χ1n) is 19.8. The van der Waals surface area contributed by atoms with Crippen LogP contribution in [-0.2, 0) is 18.3 Å². The molecular formula is C53H40N2O. The van der Waals surface area contributed by atoms with Crippen LogP contribution in [0.15, 0.2) is 199 Å². The largest absolute Gasteiger partial charge is 0.456 e. The summed E-state index contributed by atoms with van der Waals surface area (Å²) >= 11 is 0. The molecule has 56 heavy (non-hydrogen) atoms. The summed E-state index contributed by atoms with van der Waals surface area (Å²) in [4.78, 5) is 4.84. The Balaban J connectivity index is 1.07. The van der Waals surface area contributed by atoms with Crippen molar-refractivity contribution in [1.29, 1.82) is 0 Å². The fraction of sp³-hybridized carbons (Fsp3) is 0.0943. The highest BCUT2D eigenvalue weighted by molar-refractivity contribution is 6.06. The van der Waals surface area contributed by atoms with Crippen molar-refractivity contribution in [3.8, 4) is 11.1 Å². The van der Waals surface area contributed by atoms with Gasteiger partial charge in [-0.3, -0.25) is 0 Å². The number of para-hydroxylation sites is 3. The second kappa shape index (κ2) is 13.2. The van der Waals surface area contributed by atoms with Gasteiger partial charge in [-0.25, -0.2) is 0 Å². The Morgan fingerprint density at radius 2 is 0.839 bits per heavy atom. The highest BCUT2D eigenvalue weighted by Crippen LogP contribution is 2.55. The zero-order valence-corrected chi connectivity index (χ0v) is 31.1. The molecule has 0 saturated carbocycles. The SMILES string of the molecule is c1ccc(-c2cccc(N(c3ccc4c(c3)[C@]3(CCc5ccc(N(c6ccccc6)c6ccccc6)cc53)CC4)c3ccc4oc5ccccc5c4c3)c2)cc1. The summed E-state index contributed by atoms with van der Waals surface area (Å²) < 4.78 is 6.29. The Morgan fingerprint density at radius 3 is 1.50 bits per heavy atom. The third-order valence-corrected chi connectivity index (χ3v) is 12.2. The molecule has 0 N–H and O–H groups in total. The zero-order valence-electron chi connectivity index (χ0n) is 31.1. The van der Waals surface area contributed by atoms with E-state index < -0.39 is 0 Å². The summed E-state index contributed by atoms with van der Waals surface area (Å²) in [6.45, 7) is 0. The fourth-order valence-corrected chi connectivity index (χ4v) is 9.60. The summed E-state index contributed by atoms with van der Waals surface area (Å²) in [5, 5.41) is 2.26. The van der Waals surface area contributed by atoms with Crippen LogP contribution in [0.25, 0.3) is 33.1 Å². The van der Waals surface area contributed by atoms with Gasteiger partial charge in [0.1, 0.15) is 11.2 Å². The monoisotopic (exact) mass is 720 g/mol. The summed E-state index contributed by atoms with van der Waals surface area (Å²) in [6, 6.07) is 70.6. The Morgan fingerprint density at radius 1 is 0.357 bits per heavy atom. The Hall–Kier alpha value is -6.84. The van der Waals surface area contributed by atoms with Crippen molar-refractivity contribution in [3.63, 3.8) is 0 Å². The van der Waals surface area contributed by atoms with Gasteiger partial charge >= 0.3 is 0 Å². The summed E-state index contributed by atoms with van der Waals surface area (Å²) in [5.74, 6) is 0. The molecule has 11 rings (SSSR count). The molecule has 1 atom stereocenters. The van der Waals surface area contributed by atoms with E-state index in [1.807, 2.05) is 6.07 Å². The molecule has 0 saturated heterocycles. The van der Waals surface area contributed by atoms with Crippen molar-refractivity contribution in [3.05, 3.63) is 216 Å². The van der Waals surface area contributed by atoms with Gasteiger partial charge in [-0.15, -0.1) is 0 Å². The van der Waals surface area contributed by atoms with Crippen molar-refractivity contribution >= 4 is 56.1 Å². The predicted octanol–water partition coefficient (Wildman–Crippen LogP) is 14.4. The molecular weight excluding hydrogens is 681 g/mol. The standard InChI is InChI=1S/C53H40N2O/c1-4-13-37(14-5-1)40-15-12-20-43(33-40)55(44-27-28-52-48(34-44)47-21-10-11-22-51(47)56-52)46-26-24-39-30-32-53(50(39)36-46)31-29-38-23-25-45(35-49(38)53)54(41-16-6-2-7-17-41)42-18-8-3-9-19-42/h1-28,33-36H,29-32H2/t53-/m1/s1. The number of hydrogen-bond donors (Lipinski definition) is 0. The van der Waals surface area contributed by atoms with E-state index in [9.17, 15) is 0 Å². The minimum Gasteiger partial charge on any atom is -0.456 e. The Kier molecular flexibility index (Phi) is 7.67. The number of fused-ring (bicyclic) bond motifs is 7. The van der Waals surface area contributed by atoms with E-state index in [-0.39, 0.29) is 5.41 Å². The minimum absolute atomic E-state index is 0.0436. The van der Waals surface area contributed by atoms with E-state index >= 15 is 0 Å². The van der Waals surface area contributed by atoms with Gasteiger partial charge in [-0.05, 0) is 144 Å². The van der Waals surface area contributed by atoms with Crippen LogP contribution in [0.1, 0.15) is 35.1 Å². The van der Waals surface area contributed by atoms with E-state index in [2.05, 4.69) is 198 Å². The zero-order chi connectivity index (χ0) is 37.1. The molecule has 3 nitrogen and oxygen atoms in total. The molecule has 8 aromatic carbocycles. The van der Waals surface area contributed by atoms with Crippen molar-refractivity contribution < 1.29 is 4.42 Å². The molecule has 0 amide bonds. The molecule has 2 aliphatic rings. The lowest BCUT2D eigenvalue weighted by molar-refractivity contribution is 0.507. The number of furan rings is 1. The quantitative estimate of drug-likeness (QED) is 0.163. The van der Waals surface area contributed by atoms with E-state index in [0.29, 0.717) is 0 Å². The average Bonchev–Trinajstić information content (AvgIpc) is 3.95. The average molecular weight is 721 g/mol. The molecule has 0 unspecified atom stereocenters. The second-order valence-corrected chi connectivity index (χ2v) is 15.3. The molecule has 9 aromatic rings. The topological polar surface area (TPSA) is 19.6 Å². The van der Waals surface area contributed by atoms with Gasteiger partial charge in [0.05, 0.1) is 0 Å². The number of aryl methyl sites for hydroxylation is 2. The lowest BCUT2D eigenvalue weighted by atomic mass is 9.76. The van der Waals surface area contributed by atoms with Crippen LogP contribution < -0.4 is 9.80 Å². The number of hydrogen-bond acceptors (Lipinski definition) is 3. The van der Waals surface area contributed by atoms with Gasteiger partial charge in [-0.2, -0.15) is 0 Å². The van der Waals surface area contributed by atoms with Crippen LogP contribution >= 0.6 is 0 Å². The van der Waals surface area contributed by atoms with Gasteiger partial charge in [0, 0.05) is 50.3 Å². The van der Waals surface area contributed by atoms with E-state index in [1.165, 1.54) is 44.8 Å². The van der Waals surface area contributed by atoms with Gasteiger partial charge in [0.15, 0.2) is 0 Å². The molecule has 0 bridgehead atoms. The Labute approximate surface area is 327 Å². The van der Waals surface area contributed by atoms with Crippen molar-refractivity contribution in [2.24, 2.45) is 0 Å². The van der Waals surface area contributed by atoms with E-state index in [1.54, 1.807) is 0 Å². The molecule has 1 heterocycles. The maximum Gasteiger partial charge on any atom is 0.135 e. The van der Waals surface area contributed by atoms with Gasteiger partial charge in [0.2, 0.25) is 0 Å². The molecule has 1 aromatic heterocycles. The number of anilines is 6. The summed E-state index contributed by atoms with van der Waals surface area (Å²) in [7, 11) is 0. The number of nitrogens with zero attached hydrogens (tertiary/aromatic N) is 2. The van der Waals surface area contributed by atoms with Crippen molar-refractivity contribution in [2.75, 3.05) is 9.80 Å². The van der Waals surface area contributed by atoms with Crippen LogP contribution in [0.3, 0.4) is 0 Å². The predicted molar refractivity (Wildman–Crippen MR) is 232 cm³/mol. The molecule has 268 valence electrons. The van der Waals surface area contributed by atoms with Gasteiger partial charge < -0.3 is 14.2 Å². The maximum absolute atomic E-state index is 6.29. The summed E-state index contributed by atoms with van der Waals surface area (Å²) in [5.41, 5.74) is 17.0. The van der Waals surface area contributed by atoms with Crippen molar-refractivity contribution in [2.45, 2.75) is 31.1 Å². The first kappa shape index (κ1) is 32.6. The van der Waals surface area contributed by atoms with Crippen LogP contribution in [0, 0.1) is 0 Å². The summed E-state index contributed by atoms with van der Waals surface area (Å²) in [6.07, 6.45) is 4.41. The van der Waals surface area contributed by atoms with Crippen LogP contribution in [-0.4, -0.2) is 0 Å². The molecule has 0 fully saturated rings. The third kappa shape index (κ3) is 5.34. The highest BCUT2D eigenvalue weighted by Gasteiger charge is 2.45. The first-order chi connectivity index (χ1) is 27.7. The number of rotatable bonds is 7. The highest BCUT2D eigenvalue weighted by atomic mass is 16.3. The minimum atomic E-state index is -0.0436. The van der Waals surface area contributed by atoms with Crippen LogP contribution in [0.5, 0.6) is 0 Å². The molecule has 3 heteroatoms. The number of benzene rings is 8. The molecule has 1 spiro atoms. The normalized spacial score (nSPS) is 15.6. The smallest absolute Gasteiger partial charge is 0.135 e.